The van der Waals surface area contributed by atoms with Crippen LogP contribution < -0.4 is 48.5 Å². The number of anilines is 1. The lowest BCUT2D eigenvalue weighted by molar-refractivity contribution is 0.0935. The molecule has 0 saturated heterocycles. The first-order valence-corrected chi connectivity index (χ1v) is 16.6. The van der Waals surface area contributed by atoms with Gasteiger partial charge in [0.25, 0.3) is 5.91 Å². The Morgan fingerprint density at radius 3 is 2.11 bits per heavy atom. The minimum Gasteiger partial charge on any atom is -0.497 e. The zero-order chi connectivity index (χ0) is 37.5. The number of carbonyl (C=O) groups is 1. The summed E-state index contributed by atoms with van der Waals surface area (Å²) in [6.45, 7) is 4.74. The normalized spacial score (nSPS) is 13.2. The molecular weight excluding hydrogens is 682 g/mol. The smallest absolute Gasteiger partial charge is 0.255 e. The van der Waals surface area contributed by atoms with Crippen LogP contribution in [0.25, 0.3) is 22.6 Å². The second kappa shape index (κ2) is 16.2. The van der Waals surface area contributed by atoms with Gasteiger partial charge in [-0.3, -0.25) is 4.79 Å². The van der Waals surface area contributed by atoms with Gasteiger partial charge >= 0.3 is 0 Å². The Morgan fingerprint density at radius 1 is 0.698 bits per heavy atom. The molecule has 1 aliphatic heterocycles. The summed E-state index contributed by atoms with van der Waals surface area (Å²) in [6, 6.07) is 21.8. The highest BCUT2D eigenvalue weighted by molar-refractivity contribution is 6.02. The molecule has 1 amide bonds. The molecule has 13 heteroatoms. The van der Waals surface area contributed by atoms with Crippen molar-refractivity contribution < 1.29 is 47.2 Å². The lowest BCUT2D eigenvalue weighted by Gasteiger charge is -2.28. The third kappa shape index (κ3) is 7.88. The van der Waals surface area contributed by atoms with E-state index in [0.717, 1.165) is 16.7 Å². The molecule has 0 fully saturated rings. The Bertz CT molecular complexity index is 2090. The molecule has 6 rings (SSSR count). The molecule has 0 aliphatic carbocycles. The van der Waals surface area contributed by atoms with Crippen LogP contribution in [0.3, 0.4) is 0 Å². The molecular formula is C40H41N3O10. The Labute approximate surface area is 307 Å². The van der Waals surface area contributed by atoms with Crippen LogP contribution in [0.5, 0.6) is 46.0 Å². The van der Waals surface area contributed by atoms with E-state index in [4.69, 9.17) is 42.4 Å². The number of benzene rings is 4. The molecule has 1 unspecified atom stereocenters. The molecule has 13 nitrogen and oxygen atoms in total. The first-order valence-electron chi connectivity index (χ1n) is 16.6. The summed E-state index contributed by atoms with van der Waals surface area (Å²) >= 11 is 0. The fourth-order valence-electron chi connectivity index (χ4n) is 5.79. The molecule has 1 atom stereocenters. The van der Waals surface area contributed by atoms with Crippen molar-refractivity contribution in [2.45, 2.75) is 12.6 Å². The molecule has 0 radical (unpaired) electrons. The molecule has 1 aromatic heterocycles. The largest absolute Gasteiger partial charge is 0.497 e. The molecule has 0 bridgehead atoms. The van der Waals surface area contributed by atoms with Gasteiger partial charge in [-0.2, -0.15) is 0 Å². The van der Waals surface area contributed by atoms with E-state index in [0.29, 0.717) is 87.3 Å². The maximum atomic E-state index is 12.8. The Hall–Kier alpha value is -6.50. The summed E-state index contributed by atoms with van der Waals surface area (Å²) < 4.78 is 50.8. The van der Waals surface area contributed by atoms with Gasteiger partial charge in [-0.15, -0.1) is 0 Å². The number of hydrogen-bond donors (Lipinski definition) is 2. The maximum absolute atomic E-state index is 12.8. The van der Waals surface area contributed by atoms with Gasteiger partial charge < -0.3 is 53.1 Å². The molecule has 1 aliphatic rings. The van der Waals surface area contributed by atoms with Crippen molar-refractivity contribution in [2.24, 2.45) is 0 Å². The minimum atomic E-state index is -0.456. The fourth-order valence-corrected chi connectivity index (χ4v) is 5.79. The van der Waals surface area contributed by atoms with Gasteiger partial charge in [0.1, 0.15) is 24.2 Å². The summed E-state index contributed by atoms with van der Waals surface area (Å²) in [4.78, 5) is 12.8. The predicted molar refractivity (Wildman–Crippen MR) is 198 cm³/mol. The third-order valence-electron chi connectivity index (χ3n) is 8.63. The second-order valence-corrected chi connectivity index (χ2v) is 11.9. The van der Waals surface area contributed by atoms with Gasteiger partial charge in [0.2, 0.25) is 5.75 Å². The fraction of sp³-hybridized carbons (Fsp3) is 0.250. The number of ether oxygens (including phenoxy) is 8. The van der Waals surface area contributed by atoms with Gasteiger partial charge in [0.05, 0.1) is 54.8 Å². The van der Waals surface area contributed by atoms with E-state index in [-0.39, 0.29) is 12.5 Å². The molecule has 4 aromatic carbocycles. The van der Waals surface area contributed by atoms with Crippen molar-refractivity contribution in [3.63, 3.8) is 0 Å². The monoisotopic (exact) mass is 723 g/mol. The van der Waals surface area contributed by atoms with E-state index >= 15 is 0 Å². The number of aromatic nitrogens is 1. The number of hydrogen-bond acceptors (Lipinski definition) is 12. The zero-order valence-electron chi connectivity index (χ0n) is 30.4. The van der Waals surface area contributed by atoms with Crippen molar-refractivity contribution in [3.05, 3.63) is 96.1 Å². The molecule has 2 N–H and O–H groups in total. The average Bonchev–Trinajstić information content (AvgIpc) is 3.70. The van der Waals surface area contributed by atoms with Crippen LogP contribution in [-0.2, 0) is 0 Å². The molecule has 0 spiro atoms. The molecule has 276 valence electrons. The van der Waals surface area contributed by atoms with E-state index in [1.807, 2.05) is 48.5 Å². The number of methoxy groups -OCH3 is 6. The van der Waals surface area contributed by atoms with Crippen LogP contribution in [0, 0.1) is 0 Å². The first-order chi connectivity index (χ1) is 25.8. The summed E-state index contributed by atoms with van der Waals surface area (Å²) in [5.41, 5.74) is 4.92. The zero-order valence-corrected chi connectivity index (χ0v) is 30.4. The maximum Gasteiger partial charge on any atom is 0.255 e. The van der Waals surface area contributed by atoms with Crippen LogP contribution in [0.1, 0.15) is 28.5 Å². The molecule has 53 heavy (non-hydrogen) atoms. The van der Waals surface area contributed by atoms with Gasteiger partial charge in [-0.1, -0.05) is 17.8 Å². The number of carbonyl (C=O) groups excluding carboxylic acids is 1. The summed E-state index contributed by atoms with van der Waals surface area (Å²) in [6.07, 6.45) is 0.0626. The third-order valence-corrected chi connectivity index (χ3v) is 8.63. The number of nitrogens with one attached hydrogen (secondary N) is 2. The number of fused-ring (bicyclic) bond motifs is 1. The van der Waals surface area contributed by atoms with E-state index < -0.39 is 6.17 Å². The lowest BCUT2D eigenvalue weighted by Crippen LogP contribution is -2.38. The van der Waals surface area contributed by atoms with Crippen molar-refractivity contribution in [1.29, 1.82) is 0 Å². The van der Waals surface area contributed by atoms with E-state index in [9.17, 15) is 4.79 Å². The highest BCUT2D eigenvalue weighted by Crippen LogP contribution is 2.42. The van der Waals surface area contributed by atoms with Crippen molar-refractivity contribution in [1.82, 2.24) is 10.5 Å². The summed E-state index contributed by atoms with van der Waals surface area (Å²) in [5.74, 6) is 4.58. The van der Waals surface area contributed by atoms with E-state index in [1.165, 1.54) is 0 Å². The Kier molecular flexibility index (Phi) is 11.1. The highest BCUT2D eigenvalue weighted by atomic mass is 16.5. The SMILES string of the molecule is C=C(CCOc1cc(-c2cc(-c3cc(OC)c(OC)c(OC)c3)on2)ccc1OC)COc1ccc(C2NC(=O)c3cc(OC)ccc3N2)cc1OC. The van der Waals surface area contributed by atoms with E-state index in [2.05, 4.69) is 22.4 Å². The Balaban J connectivity index is 1.06. The predicted octanol–water partition coefficient (Wildman–Crippen LogP) is 7.32. The Morgan fingerprint density at radius 2 is 1.42 bits per heavy atom. The number of rotatable bonds is 16. The van der Waals surface area contributed by atoms with Gasteiger partial charge in [0.15, 0.2) is 40.3 Å². The number of amides is 1. The summed E-state index contributed by atoms with van der Waals surface area (Å²) in [7, 11) is 9.38. The minimum absolute atomic E-state index is 0.204. The van der Waals surface area contributed by atoms with Crippen molar-refractivity contribution in [3.8, 4) is 68.6 Å². The van der Waals surface area contributed by atoms with Crippen molar-refractivity contribution >= 4 is 11.6 Å². The molecule has 2 heterocycles. The quantitative estimate of drug-likeness (QED) is 0.0986. The standard InChI is InChI=1S/C40H41N3O10/c1-23(22-52-32-13-9-25(17-34(32)47-4)39-41-29-11-10-27(45-2)20-28(29)40(44)42-39)14-15-51-35-16-24(8-12-31(35)46-3)30-21-33(53-43-30)26-18-36(48-5)38(50-7)37(19-26)49-6/h8-13,16-21,39,41H,1,14-15,22H2,2-7H3,(H,42,44). The van der Waals surface area contributed by atoms with Crippen molar-refractivity contribution in [2.75, 3.05) is 61.2 Å². The van der Waals surface area contributed by atoms with Crippen LogP contribution in [0.2, 0.25) is 0 Å². The van der Waals surface area contributed by atoms with Crippen LogP contribution in [0.15, 0.2) is 89.5 Å². The summed E-state index contributed by atoms with van der Waals surface area (Å²) in [5, 5.41) is 10.6. The second-order valence-electron chi connectivity index (χ2n) is 11.9. The number of nitrogens with zero attached hydrogens (tertiary/aromatic N) is 1. The van der Waals surface area contributed by atoms with Gasteiger partial charge in [-0.25, -0.2) is 0 Å². The molecule has 5 aromatic rings. The average molecular weight is 724 g/mol. The molecule has 0 saturated carbocycles. The van der Waals surface area contributed by atoms with Gasteiger partial charge in [-0.05, 0) is 71.8 Å². The van der Waals surface area contributed by atoms with Crippen LogP contribution in [-0.4, -0.2) is 66.9 Å². The van der Waals surface area contributed by atoms with E-state index in [1.54, 1.807) is 66.9 Å². The highest BCUT2D eigenvalue weighted by Gasteiger charge is 2.26. The topological polar surface area (TPSA) is 141 Å². The van der Waals surface area contributed by atoms with Gasteiger partial charge in [0, 0.05) is 29.3 Å². The van der Waals surface area contributed by atoms with Crippen LogP contribution >= 0.6 is 0 Å². The van der Waals surface area contributed by atoms with Crippen LogP contribution in [0.4, 0.5) is 5.69 Å². The lowest BCUT2D eigenvalue weighted by atomic mass is 10.0. The first kappa shape index (κ1) is 36.3.